The van der Waals surface area contributed by atoms with Crippen LogP contribution < -0.4 is 5.73 Å². The van der Waals surface area contributed by atoms with Crippen molar-refractivity contribution in [3.8, 4) is 11.8 Å². The Morgan fingerprint density at radius 1 is 1.05 bits per heavy atom. The van der Waals surface area contributed by atoms with E-state index in [0.717, 1.165) is 30.8 Å². The van der Waals surface area contributed by atoms with Gasteiger partial charge in [0.05, 0.1) is 31.1 Å². The number of benzene rings is 1. The highest BCUT2D eigenvalue weighted by Gasteiger charge is 2.21. The van der Waals surface area contributed by atoms with E-state index in [-0.39, 0.29) is 24.9 Å². The van der Waals surface area contributed by atoms with E-state index >= 15 is 0 Å². The van der Waals surface area contributed by atoms with E-state index < -0.39 is 7.60 Å². The Balaban J connectivity index is 1.10. The molecular weight excluding hydrogens is 576 g/mol. The van der Waals surface area contributed by atoms with Crippen LogP contribution in [0.25, 0.3) is 11.2 Å². The normalized spacial score (nSPS) is 13.5. The Morgan fingerprint density at radius 2 is 1.76 bits per heavy atom. The summed E-state index contributed by atoms with van der Waals surface area (Å²) in [6.07, 6.45) is 13.4. The fourth-order valence-electron chi connectivity index (χ4n) is 4.29. The predicted molar refractivity (Wildman–Crippen MR) is 168 cm³/mol. The SMILES string of the molecule is C[C@H](Cn1cnc2c(N)ncnc21)OCP(=O)(O)OCCCSCCCCCCCCCCC#Cc1ccccc1F. The third-order valence-corrected chi connectivity index (χ3v) is 8.79. The van der Waals surface area contributed by atoms with Crippen LogP contribution >= 0.6 is 19.4 Å². The van der Waals surface area contributed by atoms with Crippen LogP contribution in [0.4, 0.5) is 10.2 Å². The third kappa shape index (κ3) is 12.8. The average molecular weight is 620 g/mol. The van der Waals surface area contributed by atoms with E-state index in [1.165, 1.54) is 57.3 Å². The zero-order chi connectivity index (χ0) is 30.0. The van der Waals surface area contributed by atoms with E-state index in [2.05, 4.69) is 26.8 Å². The minimum Gasteiger partial charge on any atom is -0.382 e. The summed E-state index contributed by atoms with van der Waals surface area (Å²) in [6.45, 7) is 2.44. The Labute approximate surface area is 252 Å². The van der Waals surface area contributed by atoms with Crippen molar-refractivity contribution in [1.29, 1.82) is 0 Å². The number of thioether (sulfide) groups is 1. The lowest BCUT2D eigenvalue weighted by molar-refractivity contribution is 0.0718. The van der Waals surface area contributed by atoms with Gasteiger partial charge < -0.3 is 24.5 Å². The molecule has 1 aromatic carbocycles. The van der Waals surface area contributed by atoms with Gasteiger partial charge in [-0.05, 0) is 49.8 Å². The molecule has 0 aliphatic heterocycles. The largest absolute Gasteiger partial charge is 0.382 e. The lowest BCUT2D eigenvalue weighted by Crippen LogP contribution is -2.17. The number of hydrogen-bond acceptors (Lipinski definition) is 8. The molecule has 1 unspecified atom stereocenters. The quantitative estimate of drug-likeness (QED) is 0.0798. The number of hydrogen-bond donors (Lipinski definition) is 2. The predicted octanol–water partition coefficient (Wildman–Crippen LogP) is 6.80. The van der Waals surface area contributed by atoms with Crippen LogP contribution in [0.5, 0.6) is 0 Å². The van der Waals surface area contributed by atoms with Crippen molar-refractivity contribution in [1.82, 2.24) is 19.5 Å². The molecule has 0 spiro atoms. The zero-order valence-corrected chi connectivity index (χ0v) is 26.1. The van der Waals surface area contributed by atoms with Crippen LogP contribution in [-0.4, -0.2) is 55.0 Å². The van der Waals surface area contributed by atoms with Crippen LogP contribution in [-0.2, 0) is 20.4 Å². The van der Waals surface area contributed by atoms with Gasteiger partial charge in [0.1, 0.15) is 24.0 Å². The van der Waals surface area contributed by atoms with Crippen molar-refractivity contribution in [2.75, 3.05) is 30.2 Å². The third-order valence-electron chi connectivity index (χ3n) is 6.57. The molecule has 2 heterocycles. The maximum atomic E-state index is 13.5. The first-order valence-electron chi connectivity index (χ1n) is 14.7. The number of anilines is 1. The molecule has 0 fully saturated rings. The van der Waals surface area contributed by atoms with Gasteiger partial charge in [-0.3, -0.25) is 4.57 Å². The topological polar surface area (TPSA) is 125 Å². The molecule has 0 aliphatic rings. The van der Waals surface area contributed by atoms with Gasteiger partial charge in [-0.2, -0.15) is 11.8 Å². The second kappa shape index (κ2) is 18.9. The monoisotopic (exact) mass is 619 g/mol. The molecule has 0 radical (unpaired) electrons. The number of nitrogens with two attached hydrogens (primary N) is 1. The second-order valence-corrected chi connectivity index (χ2v) is 13.2. The summed E-state index contributed by atoms with van der Waals surface area (Å²) in [5, 5.41) is 0. The standard InChI is InChI=1S/C30H43FN5O4PS/c1-25(21-36-23-35-28-29(32)33-22-34-30(28)36)39-24-41(37,38)40-18-14-20-42-19-13-9-7-5-3-2-4-6-8-10-15-26-16-11-12-17-27(26)31/h11-12,16-17,22-23,25H,2-9,13-14,18-21,24H2,1H3,(H,37,38)(H2,32,33,34)/t25-/m1/s1. The van der Waals surface area contributed by atoms with Crippen LogP contribution in [0, 0.1) is 17.7 Å². The van der Waals surface area contributed by atoms with E-state index in [1.54, 1.807) is 29.1 Å². The number of fused-ring (bicyclic) bond motifs is 1. The zero-order valence-electron chi connectivity index (χ0n) is 24.4. The molecule has 230 valence electrons. The molecule has 3 rings (SSSR count). The van der Waals surface area contributed by atoms with Gasteiger partial charge in [-0.1, -0.05) is 62.5 Å². The molecule has 42 heavy (non-hydrogen) atoms. The number of rotatable bonds is 20. The Kier molecular flexibility index (Phi) is 15.3. The van der Waals surface area contributed by atoms with Gasteiger partial charge >= 0.3 is 7.60 Å². The van der Waals surface area contributed by atoms with Gasteiger partial charge in [0.2, 0.25) is 0 Å². The van der Waals surface area contributed by atoms with Crippen molar-refractivity contribution in [3.05, 3.63) is 48.3 Å². The first kappa shape index (κ1) is 34.0. The second-order valence-electron chi connectivity index (χ2n) is 10.2. The van der Waals surface area contributed by atoms with Crippen LogP contribution in [0.3, 0.4) is 0 Å². The van der Waals surface area contributed by atoms with Crippen LogP contribution in [0.15, 0.2) is 36.9 Å². The fraction of sp³-hybridized carbons (Fsp3) is 0.567. The first-order valence-corrected chi connectivity index (χ1v) is 17.6. The molecule has 0 amide bonds. The molecule has 0 aliphatic carbocycles. The lowest BCUT2D eigenvalue weighted by Gasteiger charge is -2.17. The van der Waals surface area contributed by atoms with Gasteiger partial charge in [0.25, 0.3) is 0 Å². The Hall–Kier alpha value is -2.48. The molecular formula is C30H43FN5O4PS. The van der Waals surface area contributed by atoms with E-state index in [0.29, 0.717) is 29.1 Å². The summed E-state index contributed by atoms with van der Waals surface area (Å²) in [4.78, 5) is 22.4. The number of halogens is 1. The fourth-order valence-corrected chi connectivity index (χ4v) is 6.16. The van der Waals surface area contributed by atoms with Crippen molar-refractivity contribution < 1.29 is 23.1 Å². The number of imidazole rings is 1. The molecule has 3 N–H and O–H groups in total. The van der Waals surface area contributed by atoms with Crippen molar-refractivity contribution in [3.63, 3.8) is 0 Å². The van der Waals surface area contributed by atoms with E-state index in [4.69, 9.17) is 15.0 Å². The summed E-state index contributed by atoms with van der Waals surface area (Å²) >= 11 is 1.86. The lowest BCUT2D eigenvalue weighted by atomic mass is 10.1. The first-order chi connectivity index (χ1) is 20.4. The van der Waals surface area contributed by atoms with Crippen LogP contribution in [0.2, 0.25) is 0 Å². The number of nitrogens with zero attached hydrogens (tertiary/aromatic N) is 4. The average Bonchev–Trinajstić information content (AvgIpc) is 3.38. The van der Waals surface area contributed by atoms with E-state index in [1.807, 2.05) is 18.7 Å². The molecule has 9 nitrogen and oxygen atoms in total. The molecule has 2 atom stereocenters. The minimum atomic E-state index is -3.82. The summed E-state index contributed by atoms with van der Waals surface area (Å²) in [6, 6.07) is 6.64. The summed E-state index contributed by atoms with van der Waals surface area (Å²) in [5.41, 5.74) is 7.39. The van der Waals surface area contributed by atoms with Crippen molar-refractivity contribution in [2.45, 2.75) is 83.8 Å². The Morgan fingerprint density at radius 3 is 2.55 bits per heavy atom. The molecule has 3 aromatic rings. The van der Waals surface area contributed by atoms with Gasteiger partial charge in [0.15, 0.2) is 11.5 Å². The number of nitrogen functional groups attached to an aromatic ring is 1. The summed E-state index contributed by atoms with van der Waals surface area (Å²) in [5.74, 6) is 8.04. The molecule has 0 bridgehead atoms. The number of unbranched alkanes of at least 4 members (excludes halogenated alkanes) is 8. The highest BCUT2D eigenvalue weighted by atomic mass is 32.2. The maximum absolute atomic E-state index is 13.5. The van der Waals surface area contributed by atoms with Crippen LogP contribution in [0.1, 0.15) is 76.7 Å². The highest BCUT2D eigenvalue weighted by molar-refractivity contribution is 7.99. The van der Waals surface area contributed by atoms with Gasteiger partial charge in [0, 0.05) is 6.42 Å². The van der Waals surface area contributed by atoms with Crippen molar-refractivity contribution in [2.24, 2.45) is 0 Å². The molecule has 0 saturated heterocycles. The van der Waals surface area contributed by atoms with E-state index in [9.17, 15) is 13.8 Å². The smallest absolute Gasteiger partial charge is 0.353 e. The minimum absolute atomic E-state index is 0.232. The van der Waals surface area contributed by atoms with Crippen molar-refractivity contribution >= 4 is 36.3 Å². The van der Waals surface area contributed by atoms with Gasteiger partial charge in [-0.25, -0.2) is 19.3 Å². The Bertz CT molecular complexity index is 1330. The number of aromatic nitrogens is 4. The maximum Gasteiger partial charge on any atom is 0.353 e. The highest BCUT2D eigenvalue weighted by Crippen LogP contribution is 2.42. The molecule has 0 saturated carbocycles. The summed E-state index contributed by atoms with van der Waals surface area (Å²) < 4.78 is 38.4. The number of ether oxygens (including phenoxy) is 1. The van der Waals surface area contributed by atoms with Gasteiger partial charge in [-0.15, -0.1) is 0 Å². The molecule has 2 aromatic heterocycles. The summed E-state index contributed by atoms with van der Waals surface area (Å²) in [7, 11) is -3.82. The molecule has 12 heteroatoms.